The number of hydrazone groups is 1. The van der Waals surface area contributed by atoms with Gasteiger partial charge in [-0.25, -0.2) is 9.78 Å². The molecule has 0 bridgehead atoms. The van der Waals surface area contributed by atoms with E-state index in [-0.39, 0.29) is 12.3 Å². The lowest BCUT2D eigenvalue weighted by molar-refractivity contribution is 0.0514. The molecule has 26 heavy (non-hydrogen) atoms. The normalized spacial score (nSPS) is 11.0. The van der Waals surface area contributed by atoms with Gasteiger partial charge < -0.3 is 9.26 Å². The summed E-state index contributed by atoms with van der Waals surface area (Å²) in [6.07, 6.45) is 1.51. The number of rotatable bonds is 6. The summed E-state index contributed by atoms with van der Waals surface area (Å²) in [5.41, 5.74) is 4.01. The largest absolute Gasteiger partial charge is 0.461 e. The maximum Gasteiger partial charge on any atom is 0.360 e. The van der Waals surface area contributed by atoms with E-state index in [4.69, 9.17) is 32.5 Å². The van der Waals surface area contributed by atoms with Gasteiger partial charge in [-0.15, -0.1) is 11.3 Å². The van der Waals surface area contributed by atoms with Crippen LogP contribution in [0.2, 0.25) is 10.0 Å². The molecule has 0 fully saturated rings. The number of nitrogens with one attached hydrogen (secondary N) is 1. The summed E-state index contributed by atoms with van der Waals surface area (Å²) in [7, 11) is 0. The maximum absolute atomic E-state index is 11.6. The number of thiazole rings is 1. The van der Waals surface area contributed by atoms with E-state index < -0.39 is 5.97 Å². The molecule has 10 heteroatoms. The second kappa shape index (κ2) is 8.31. The number of halogens is 2. The Morgan fingerprint density at radius 1 is 1.42 bits per heavy atom. The Bertz CT molecular complexity index is 934. The van der Waals surface area contributed by atoms with Crippen molar-refractivity contribution in [3.63, 3.8) is 0 Å². The Kier molecular flexibility index (Phi) is 5.87. The van der Waals surface area contributed by atoms with Crippen LogP contribution in [0.3, 0.4) is 0 Å². The number of anilines is 1. The molecule has 0 aliphatic rings. The minimum atomic E-state index is -0.544. The summed E-state index contributed by atoms with van der Waals surface area (Å²) in [5.74, 6) is -0.187. The monoisotopic (exact) mass is 410 g/mol. The van der Waals surface area contributed by atoms with E-state index in [1.807, 2.05) is 0 Å². The summed E-state index contributed by atoms with van der Waals surface area (Å²) < 4.78 is 9.99. The van der Waals surface area contributed by atoms with Crippen molar-refractivity contribution in [2.24, 2.45) is 5.10 Å². The second-order valence-corrected chi connectivity index (χ2v) is 6.51. The van der Waals surface area contributed by atoms with E-state index in [0.717, 1.165) is 0 Å². The van der Waals surface area contributed by atoms with Gasteiger partial charge in [-0.3, -0.25) is 5.43 Å². The Hall–Kier alpha value is -2.42. The molecular formula is C16H12Cl2N4O3S. The van der Waals surface area contributed by atoms with E-state index in [1.165, 1.54) is 23.6 Å². The average Bonchev–Trinajstić information content (AvgIpc) is 3.27. The third kappa shape index (κ3) is 4.21. The summed E-state index contributed by atoms with van der Waals surface area (Å²) in [5, 5.41) is 11.0. The number of hydrogen-bond donors (Lipinski definition) is 1. The SMILES string of the molecule is CCOC(=O)c1cc(-c2csc(N/N=C\c3c(Cl)cccc3Cl)n2)on1. The molecule has 2 heterocycles. The molecule has 0 aliphatic carbocycles. The van der Waals surface area contributed by atoms with Crippen LogP contribution < -0.4 is 5.43 Å². The van der Waals surface area contributed by atoms with Gasteiger partial charge in [0.15, 0.2) is 11.5 Å². The first kappa shape index (κ1) is 18.4. The standard InChI is InChI=1S/C16H12Cl2N4O3S/c1-2-24-15(23)12-6-14(25-22-12)13-8-26-16(20-13)21-19-7-9-10(17)4-3-5-11(9)18/h3-8H,2H2,1H3,(H,20,21)/b19-7-. The Morgan fingerprint density at radius 3 is 2.92 bits per heavy atom. The molecule has 1 aromatic carbocycles. The van der Waals surface area contributed by atoms with Gasteiger partial charge >= 0.3 is 5.97 Å². The van der Waals surface area contributed by atoms with E-state index >= 15 is 0 Å². The Morgan fingerprint density at radius 2 is 2.19 bits per heavy atom. The highest BCUT2D eigenvalue weighted by Crippen LogP contribution is 2.26. The van der Waals surface area contributed by atoms with Gasteiger partial charge in [0.2, 0.25) is 5.13 Å². The summed E-state index contributed by atoms with van der Waals surface area (Å²) in [6, 6.07) is 6.68. The van der Waals surface area contributed by atoms with E-state index in [2.05, 4.69) is 20.7 Å². The van der Waals surface area contributed by atoms with Crippen LogP contribution in [0.15, 0.2) is 39.3 Å². The Labute approximate surface area is 162 Å². The van der Waals surface area contributed by atoms with Crippen molar-refractivity contribution in [3.8, 4) is 11.5 Å². The van der Waals surface area contributed by atoms with Gasteiger partial charge in [-0.2, -0.15) is 5.10 Å². The van der Waals surface area contributed by atoms with Gasteiger partial charge in [0.05, 0.1) is 22.9 Å². The van der Waals surface area contributed by atoms with Gasteiger partial charge in [0, 0.05) is 17.0 Å². The average molecular weight is 411 g/mol. The predicted molar refractivity (Wildman–Crippen MR) is 101 cm³/mol. The lowest BCUT2D eigenvalue weighted by Gasteiger charge is -2.00. The van der Waals surface area contributed by atoms with Crippen LogP contribution in [0.1, 0.15) is 23.0 Å². The molecule has 0 saturated heterocycles. The van der Waals surface area contributed by atoms with Crippen molar-refractivity contribution in [2.75, 3.05) is 12.0 Å². The van der Waals surface area contributed by atoms with Crippen molar-refractivity contribution in [3.05, 3.63) is 50.9 Å². The Balaban J connectivity index is 1.69. The molecule has 0 aliphatic heterocycles. The molecule has 1 N–H and O–H groups in total. The fraction of sp³-hybridized carbons (Fsp3) is 0.125. The fourth-order valence-electron chi connectivity index (χ4n) is 1.92. The molecule has 3 aromatic rings. The summed E-state index contributed by atoms with van der Waals surface area (Å²) in [4.78, 5) is 15.9. The number of ether oxygens (including phenoxy) is 1. The van der Waals surface area contributed by atoms with Crippen LogP contribution in [-0.2, 0) is 4.74 Å². The first-order chi connectivity index (χ1) is 12.6. The molecule has 0 saturated carbocycles. The highest BCUT2D eigenvalue weighted by molar-refractivity contribution is 7.14. The number of carbonyl (C=O) groups excluding carboxylic acids is 1. The lowest BCUT2D eigenvalue weighted by Crippen LogP contribution is -2.04. The van der Waals surface area contributed by atoms with Crippen LogP contribution in [0.5, 0.6) is 0 Å². The third-order valence-electron chi connectivity index (χ3n) is 3.10. The summed E-state index contributed by atoms with van der Waals surface area (Å²) >= 11 is 13.5. The number of benzene rings is 1. The molecular weight excluding hydrogens is 399 g/mol. The van der Waals surface area contributed by atoms with Crippen molar-refractivity contribution < 1.29 is 14.1 Å². The highest BCUT2D eigenvalue weighted by Gasteiger charge is 2.16. The van der Waals surface area contributed by atoms with Crippen molar-refractivity contribution in [1.82, 2.24) is 10.1 Å². The molecule has 0 spiro atoms. The third-order valence-corrected chi connectivity index (χ3v) is 4.51. The topological polar surface area (TPSA) is 89.6 Å². The van der Waals surface area contributed by atoms with Crippen molar-refractivity contribution in [1.29, 1.82) is 0 Å². The molecule has 7 nitrogen and oxygen atoms in total. The zero-order valence-corrected chi connectivity index (χ0v) is 15.7. The molecule has 3 rings (SSSR count). The number of esters is 1. The van der Waals surface area contributed by atoms with E-state index in [1.54, 1.807) is 30.5 Å². The smallest absolute Gasteiger partial charge is 0.360 e. The number of carbonyl (C=O) groups is 1. The number of hydrogen-bond acceptors (Lipinski definition) is 8. The van der Waals surface area contributed by atoms with Gasteiger partial charge in [-0.05, 0) is 19.1 Å². The molecule has 0 unspecified atom stereocenters. The molecule has 0 radical (unpaired) electrons. The number of aromatic nitrogens is 2. The van der Waals surface area contributed by atoms with Crippen molar-refractivity contribution in [2.45, 2.75) is 6.92 Å². The van der Waals surface area contributed by atoms with Crippen LogP contribution >= 0.6 is 34.5 Å². The van der Waals surface area contributed by atoms with E-state index in [9.17, 15) is 4.79 Å². The van der Waals surface area contributed by atoms with E-state index in [0.29, 0.717) is 32.2 Å². The highest BCUT2D eigenvalue weighted by atomic mass is 35.5. The minimum Gasteiger partial charge on any atom is -0.461 e. The minimum absolute atomic E-state index is 0.0933. The zero-order valence-electron chi connectivity index (χ0n) is 13.4. The second-order valence-electron chi connectivity index (χ2n) is 4.84. The number of nitrogens with zero attached hydrogens (tertiary/aromatic N) is 3. The zero-order chi connectivity index (χ0) is 18.5. The molecule has 0 atom stereocenters. The van der Waals surface area contributed by atoms with Gasteiger partial charge in [0.25, 0.3) is 0 Å². The maximum atomic E-state index is 11.6. The fourth-order valence-corrected chi connectivity index (χ4v) is 3.07. The van der Waals surface area contributed by atoms with Crippen molar-refractivity contribution >= 4 is 51.9 Å². The first-order valence-corrected chi connectivity index (χ1v) is 9.05. The molecule has 134 valence electrons. The van der Waals surface area contributed by atoms with Gasteiger partial charge in [0.1, 0.15) is 5.69 Å². The van der Waals surface area contributed by atoms with Crippen LogP contribution in [-0.4, -0.2) is 28.9 Å². The van der Waals surface area contributed by atoms with Crippen LogP contribution in [0, 0.1) is 0 Å². The molecule has 0 amide bonds. The van der Waals surface area contributed by atoms with Gasteiger partial charge in [-0.1, -0.05) is 34.4 Å². The predicted octanol–water partition coefficient (Wildman–Crippen LogP) is 4.73. The summed E-state index contributed by atoms with van der Waals surface area (Å²) in [6.45, 7) is 1.98. The van der Waals surface area contributed by atoms with Crippen LogP contribution in [0.4, 0.5) is 5.13 Å². The van der Waals surface area contributed by atoms with Crippen LogP contribution in [0.25, 0.3) is 11.5 Å². The molecule has 2 aromatic heterocycles. The first-order valence-electron chi connectivity index (χ1n) is 7.41. The quantitative estimate of drug-likeness (QED) is 0.358. The lowest BCUT2D eigenvalue weighted by atomic mass is 10.2.